The molecule has 0 aromatic heterocycles. The molecule has 0 aliphatic rings. The average molecular weight is 361 g/mol. The van der Waals surface area contributed by atoms with Crippen molar-refractivity contribution in [3.63, 3.8) is 0 Å². The van der Waals surface area contributed by atoms with Gasteiger partial charge >= 0.3 is 5.97 Å². The third-order valence-electron chi connectivity index (χ3n) is 2.24. The van der Waals surface area contributed by atoms with E-state index >= 15 is 0 Å². The highest BCUT2D eigenvalue weighted by Crippen LogP contribution is 2.27. The molecule has 1 aromatic rings. The Morgan fingerprint density at radius 2 is 1.91 bits per heavy atom. The van der Waals surface area contributed by atoms with Gasteiger partial charge in [-0.1, -0.05) is 23.2 Å². The molecule has 0 spiro atoms. The number of hydrogen-bond donors (Lipinski definition) is 2. The minimum Gasteiger partial charge on any atom is -0.482 e. The van der Waals surface area contributed by atoms with Crippen molar-refractivity contribution in [3.05, 3.63) is 40.4 Å². The smallest absolute Gasteiger partial charge is 0.330 e. The van der Waals surface area contributed by atoms with Crippen LogP contribution >= 0.6 is 23.2 Å². The molecule has 0 heterocycles. The fraction of sp³-hybridized carbons (Fsp3) is 0.214. The zero-order valence-corrected chi connectivity index (χ0v) is 13.6. The third-order valence-corrected chi connectivity index (χ3v) is 2.77. The number of halogens is 2. The van der Waals surface area contributed by atoms with Gasteiger partial charge in [-0.2, -0.15) is 0 Å². The van der Waals surface area contributed by atoms with Crippen LogP contribution in [0.4, 0.5) is 0 Å². The molecule has 2 amide bonds. The molecule has 0 unspecified atom stereocenters. The predicted octanol–water partition coefficient (Wildman–Crippen LogP) is 1.64. The van der Waals surface area contributed by atoms with Crippen LogP contribution in [0.15, 0.2) is 30.4 Å². The van der Waals surface area contributed by atoms with Crippen molar-refractivity contribution in [2.75, 3.05) is 13.2 Å². The maximum atomic E-state index is 11.5. The standard InChI is InChI=1S/C14H14Cl2N2O5/c1-2-22-14(21)6-5-12(19)17-18-13(20)8-23-11-4-3-9(15)7-10(11)16/h3-7H,2,8H2,1H3,(H,17,19)(H,18,20). The molecule has 1 rings (SSSR count). The zero-order valence-electron chi connectivity index (χ0n) is 12.1. The lowest BCUT2D eigenvalue weighted by Gasteiger charge is -2.09. The molecule has 0 saturated carbocycles. The first-order chi connectivity index (χ1) is 10.9. The minimum absolute atomic E-state index is 0.201. The van der Waals surface area contributed by atoms with Gasteiger partial charge in [0.1, 0.15) is 5.75 Å². The van der Waals surface area contributed by atoms with Crippen molar-refractivity contribution in [1.29, 1.82) is 0 Å². The van der Waals surface area contributed by atoms with E-state index in [1.165, 1.54) is 12.1 Å². The summed E-state index contributed by atoms with van der Waals surface area (Å²) in [5.74, 6) is -1.70. The van der Waals surface area contributed by atoms with Crippen LogP contribution in [-0.2, 0) is 19.1 Å². The topological polar surface area (TPSA) is 93.7 Å². The summed E-state index contributed by atoms with van der Waals surface area (Å²) in [6.07, 6.45) is 1.87. The Bertz CT molecular complexity index is 619. The molecular weight excluding hydrogens is 347 g/mol. The van der Waals surface area contributed by atoms with Gasteiger partial charge in [0.15, 0.2) is 6.61 Å². The van der Waals surface area contributed by atoms with Crippen LogP contribution in [0.5, 0.6) is 5.75 Å². The van der Waals surface area contributed by atoms with Crippen molar-refractivity contribution in [2.45, 2.75) is 6.92 Å². The van der Waals surface area contributed by atoms with Crippen molar-refractivity contribution in [3.8, 4) is 5.75 Å². The number of esters is 1. The molecule has 0 fully saturated rings. The Morgan fingerprint density at radius 3 is 2.57 bits per heavy atom. The quantitative estimate of drug-likeness (QED) is 0.456. The number of nitrogens with one attached hydrogen (secondary N) is 2. The van der Waals surface area contributed by atoms with Crippen LogP contribution in [0, 0.1) is 0 Å². The molecule has 23 heavy (non-hydrogen) atoms. The molecule has 1 aromatic carbocycles. The summed E-state index contributed by atoms with van der Waals surface area (Å²) in [4.78, 5) is 33.8. The number of amides is 2. The summed E-state index contributed by atoms with van der Waals surface area (Å²) in [6, 6.07) is 4.54. The summed E-state index contributed by atoms with van der Waals surface area (Å²) in [7, 11) is 0. The Kier molecular flexibility index (Phi) is 7.93. The lowest BCUT2D eigenvalue weighted by Crippen LogP contribution is -2.43. The molecule has 2 N–H and O–H groups in total. The third kappa shape index (κ3) is 7.53. The Hall–Kier alpha value is -2.25. The van der Waals surface area contributed by atoms with Crippen molar-refractivity contribution < 1.29 is 23.9 Å². The molecule has 0 bridgehead atoms. The van der Waals surface area contributed by atoms with E-state index < -0.39 is 17.8 Å². The predicted molar refractivity (Wildman–Crippen MR) is 84.0 cm³/mol. The zero-order chi connectivity index (χ0) is 17.2. The summed E-state index contributed by atoms with van der Waals surface area (Å²) in [6.45, 7) is 1.47. The van der Waals surface area contributed by atoms with E-state index in [-0.39, 0.29) is 24.0 Å². The fourth-order valence-electron chi connectivity index (χ4n) is 1.28. The van der Waals surface area contributed by atoms with E-state index in [4.69, 9.17) is 27.9 Å². The highest BCUT2D eigenvalue weighted by molar-refractivity contribution is 6.35. The normalized spacial score (nSPS) is 10.2. The van der Waals surface area contributed by atoms with E-state index in [2.05, 4.69) is 15.6 Å². The second-order valence-corrected chi connectivity index (χ2v) is 4.83. The van der Waals surface area contributed by atoms with Gasteiger partial charge in [0.2, 0.25) is 0 Å². The van der Waals surface area contributed by atoms with Gasteiger partial charge in [0.25, 0.3) is 11.8 Å². The van der Waals surface area contributed by atoms with Gasteiger partial charge in [-0.3, -0.25) is 20.4 Å². The number of ether oxygens (including phenoxy) is 2. The van der Waals surface area contributed by atoms with Crippen molar-refractivity contribution in [1.82, 2.24) is 10.9 Å². The Labute approximate surface area is 142 Å². The van der Waals surface area contributed by atoms with Gasteiger partial charge in [-0.25, -0.2) is 4.79 Å². The van der Waals surface area contributed by atoms with Gasteiger partial charge in [0, 0.05) is 17.2 Å². The highest BCUT2D eigenvalue weighted by atomic mass is 35.5. The van der Waals surface area contributed by atoms with Crippen LogP contribution in [0.2, 0.25) is 10.0 Å². The SMILES string of the molecule is CCOC(=O)C=CC(=O)NNC(=O)COc1ccc(Cl)cc1Cl. The number of benzene rings is 1. The molecule has 9 heteroatoms. The Balaban J connectivity index is 2.34. The highest BCUT2D eigenvalue weighted by Gasteiger charge is 2.07. The first-order valence-corrected chi connectivity index (χ1v) is 7.19. The number of carbonyl (C=O) groups is 3. The van der Waals surface area contributed by atoms with E-state index in [0.29, 0.717) is 5.02 Å². The number of hydrazine groups is 1. The number of hydrogen-bond acceptors (Lipinski definition) is 5. The van der Waals surface area contributed by atoms with Crippen molar-refractivity contribution in [2.24, 2.45) is 0 Å². The number of carbonyl (C=O) groups excluding carboxylic acids is 3. The van der Waals surface area contributed by atoms with Gasteiger partial charge < -0.3 is 9.47 Å². The fourth-order valence-corrected chi connectivity index (χ4v) is 1.74. The van der Waals surface area contributed by atoms with E-state index in [0.717, 1.165) is 12.2 Å². The molecule has 0 aliphatic heterocycles. The molecule has 0 atom stereocenters. The monoisotopic (exact) mass is 360 g/mol. The molecular formula is C14H14Cl2N2O5. The van der Waals surface area contributed by atoms with Crippen LogP contribution in [-0.4, -0.2) is 31.0 Å². The maximum Gasteiger partial charge on any atom is 0.330 e. The second kappa shape index (κ2) is 9.70. The molecule has 0 saturated heterocycles. The van der Waals surface area contributed by atoms with Gasteiger partial charge in [-0.05, 0) is 25.1 Å². The Morgan fingerprint density at radius 1 is 1.17 bits per heavy atom. The summed E-state index contributed by atoms with van der Waals surface area (Å²) >= 11 is 11.6. The van der Waals surface area contributed by atoms with Crippen LogP contribution in [0.1, 0.15) is 6.92 Å². The molecule has 0 aliphatic carbocycles. The summed E-state index contributed by atoms with van der Waals surface area (Å²) < 4.78 is 9.76. The van der Waals surface area contributed by atoms with Gasteiger partial charge in [-0.15, -0.1) is 0 Å². The largest absolute Gasteiger partial charge is 0.482 e. The van der Waals surface area contributed by atoms with Crippen LogP contribution in [0.3, 0.4) is 0 Å². The van der Waals surface area contributed by atoms with Crippen LogP contribution in [0.25, 0.3) is 0 Å². The number of rotatable bonds is 6. The second-order valence-electron chi connectivity index (χ2n) is 3.99. The lowest BCUT2D eigenvalue weighted by molar-refractivity contribution is -0.137. The molecule has 0 radical (unpaired) electrons. The van der Waals surface area contributed by atoms with Crippen molar-refractivity contribution >= 4 is 41.0 Å². The van der Waals surface area contributed by atoms with Gasteiger partial charge in [0.05, 0.1) is 11.6 Å². The average Bonchev–Trinajstić information content (AvgIpc) is 2.50. The lowest BCUT2D eigenvalue weighted by atomic mass is 10.3. The van der Waals surface area contributed by atoms with Crippen LogP contribution < -0.4 is 15.6 Å². The first kappa shape index (κ1) is 18.8. The maximum absolute atomic E-state index is 11.5. The molecule has 124 valence electrons. The summed E-state index contributed by atoms with van der Waals surface area (Å²) in [5, 5.41) is 0.694. The van der Waals surface area contributed by atoms with E-state index in [9.17, 15) is 14.4 Å². The minimum atomic E-state index is -0.698. The molecule has 7 nitrogen and oxygen atoms in total. The summed E-state index contributed by atoms with van der Waals surface area (Å²) in [5.41, 5.74) is 4.18. The first-order valence-electron chi connectivity index (χ1n) is 6.44. The van der Waals surface area contributed by atoms with E-state index in [1.54, 1.807) is 13.0 Å². The van der Waals surface area contributed by atoms with E-state index in [1.807, 2.05) is 0 Å².